The second-order valence-electron chi connectivity index (χ2n) is 8.78. The van der Waals surface area contributed by atoms with Gasteiger partial charge in [0, 0.05) is 29.7 Å². The summed E-state index contributed by atoms with van der Waals surface area (Å²) in [5.74, 6) is 5.77. The van der Waals surface area contributed by atoms with Gasteiger partial charge in [-0.05, 0) is 74.4 Å². The number of amides is 1. The molecule has 1 aliphatic heterocycles. The quantitative estimate of drug-likeness (QED) is 0.445. The molecule has 0 radical (unpaired) electrons. The zero-order chi connectivity index (χ0) is 23.4. The van der Waals surface area contributed by atoms with Gasteiger partial charge >= 0.3 is 5.97 Å². The summed E-state index contributed by atoms with van der Waals surface area (Å²) in [5.41, 5.74) is 3.36. The number of nitrogens with zero attached hydrogens (tertiary/aromatic N) is 3. The predicted octanol–water partition coefficient (Wildman–Crippen LogP) is 4.52. The molecule has 1 aromatic heterocycles. The van der Waals surface area contributed by atoms with Crippen molar-refractivity contribution in [1.82, 2.24) is 14.5 Å². The zero-order valence-electron chi connectivity index (χ0n) is 18.9. The zero-order valence-corrected chi connectivity index (χ0v) is 18.9. The Bertz CT molecular complexity index is 1250. The number of carbonyl (C=O) groups is 2. The molecule has 0 spiro atoms. The Balaban J connectivity index is 1.44. The number of ether oxygens (including phenoxy) is 1. The molecule has 0 unspecified atom stereocenters. The highest BCUT2D eigenvalue weighted by molar-refractivity contribution is 5.97. The van der Waals surface area contributed by atoms with Crippen LogP contribution in [0, 0.1) is 11.8 Å². The molecular weight excluding hydrogens is 414 g/mol. The van der Waals surface area contributed by atoms with Gasteiger partial charge in [-0.2, -0.15) is 0 Å². The predicted molar refractivity (Wildman–Crippen MR) is 126 cm³/mol. The van der Waals surface area contributed by atoms with Crippen LogP contribution in [0.3, 0.4) is 0 Å². The third-order valence-electron chi connectivity index (χ3n) is 5.00. The molecule has 2 aromatic carbocycles. The van der Waals surface area contributed by atoms with E-state index in [0.29, 0.717) is 24.2 Å². The van der Waals surface area contributed by atoms with Gasteiger partial charge in [0.25, 0.3) is 5.91 Å². The molecule has 6 nitrogen and oxygen atoms in total. The van der Waals surface area contributed by atoms with Crippen LogP contribution in [0.4, 0.5) is 0 Å². The molecule has 6 heteroatoms. The van der Waals surface area contributed by atoms with Crippen LogP contribution in [-0.2, 0) is 17.8 Å². The van der Waals surface area contributed by atoms with Crippen molar-refractivity contribution in [3.63, 3.8) is 0 Å². The first-order chi connectivity index (χ1) is 15.8. The van der Waals surface area contributed by atoms with E-state index in [4.69, 9.17) is 4.74 Å². The SMILES string of the molecule is CC(C)(C)OC(=O)c1ccc(C(=O)N2C=Cc3ccc(C#CCn4ccnc4)cc3C2)cc1. The summed E-state index contributed by atoms with van der Waals surface area (Å²) in [5, 5.41) is 0. The molecule has 3 aromatic rings. The van der Waals surface area contributed by atoms with Gasteiger partial charge in [0.1, 0.15) is 5.60 Å². The molecule has 4 rings (SSSR count). The molecule has 0 saturated carbocycles. The lowest BCUT2D eigenvalue weighted by Crippen LogP contribution is -2.27. The Kier molecular flexibility index (Phi) is 6.14. The van der Waals surface area contributed by atoms with E-state index < -0.39 is 11.6 Å². The summed E-state index contributed by atoms with van der Waals surface area (Å²) in [4.78, 5) is 30.9. The second-order valence-corrected chi connectivity index (χ2v) is 8.78. The maximum atomic E-state index is 13.0. The molecular formula is C27H25N3O3. The van der Waals surface area contributed by atoms with Crippen molar-refractivity contribution in [3.8, 4) is 11.8 Å². The van der Waals surface area contributed by atoms with Crippen molar-refractivity contribution in [2.24, 2.45) is 0 Å². The van der Waals surface area contributed by atoms with Gasteiger partial charge in [0.2, 0.25) is 0 Å². The normalized spacial score (nSPS) is 12.5. The minimum Gasteiger partial charge on any atom is -0.456 e. The third kappa shape index (κ3) is 5.58. The first kappa shape index (κ1) is 22.1. The van der Waals surface area contributed by atoms with E-state index in [-0.39, 0.29) is 5.91 Å². The Hall–Kier alpha value is -4.11. The summed E-state index contributed by atoms with van der Waals surface area (Å²) < 4.78 is 7.28. The molecule has 0 bridgehead atoms. The molecule has 0 N–H and O–H groups in total. The Morgan fingerprint density at radius 2 is 1.85 bits per heavy atom. The van der Waals surface area contributed by atoms with Crippen LogP contribution in [0.1, 0.15) is 58.2 Å². The van der Waals surface area contributed by atoms with Crippen LogP contribution in [0.2, 0.25) is 0 Å². The average Bonchev–Trinajstić information content (AvgIpc) is 3.30. The number of benzene rings is 2. The Morgan fingerprint density at radius 3 is 2.55 bits per heavy atom. The van der Waals surface area contributed by atoms with E-state index in [0.717, 1.165) is 16.7 Å². The number of imidazole rings is 1. The lowest BCUT2D eigenvalue weighted by atomic mass is 10.0. The molecule has 33 heavy (non-hydrogen) atoms. The summed E-state index contributed by atoms with van der Waals surface area (Å²) >= 11 is 0. The van der Waals surface area contributed by atoms with Crippen molar-refractivity contribution in [2.45, 2.75) is 39.5 Å². The van der Waals surface area contributed by atoms with Gasteiger partial charge in [0.05, 0.1) is 25.0 Å². The Labute approximate surface area is 193 Å². The van der Waals surface area contributed by atoms with Crippen LogP contribution >= 0.6 is 0 Å². The smallest absolute Gasteiger partial charge is 0.338 e. The highest BCUT2D eigenvalue weighted by Crippen LogP contribution is 2.23. The molecule has 1 aliphatic rings. The van der Waals surface area contributed by atoms with E-state index in [9.17, 15) is 9.59 Å². The molecule has 0 atom stereocenters. The maximum Gasteiger partial charge on any atom is 0.338 e. The fourth-order valence-corrected chi connectivity index (χ4v) is 3.39. The molecule has 1 amide bonds. The molecule has 0 aliphatic carbocycles. The van der Waals surface area contributed by atoms with Crippen LogP contribution in [0.25, 0.3) is 6.08 Å². The van der Waals surface area contributed by atoms with Gasteiger partial charge in [-0.1, -0.05) is 17.9 Å². The summed E-state index contributed by atoms with van der Waals surface area (Å²) in [6, 6.07) is 12.6. The van der Waals surface area contributed by atoms with Crippen molar-refractivity contribution in [2.75, 3.05) is 0 Å². The first-order valence-electron chi connectivity index (χ1n) is 10.7. The van der Waals surface area contributed by atoms with Gasteiger partial charge in [-0.25, -0.2) is 9.78 Å². The summed E-state index contributed by atoms with van der Waals surface area (Å²) in [6.45, 7) is 6.48. The lowest BCUT2D eigenvalue weighted by Gasteiger charge is -2.24. The third-order valence-corrected chi connectivity index (χ3v) is 5.00. The van der Waals surface area contributed by atoms with Crippen LogP contribution in [-0.4, -0.2) is 31.9 Å². The van der Waals surface area contributed by atoms with Gasteiger partial charge in [0.15, 0.2) is 0 Å². The average molecular weight is 440 g/mol. The van der Waals surface area contributed by atoms with Crippen LogP contribution in [0.5, 0.6) is 0 Å². The van der Waals surface area contributed by atoms with Crippen molar-refractivity contribution >= 4 is 18.0 Å². The number of carbonyl (C=O) groups excluding carboxylic acids is 2. The molecule has 166 valence electrons. The molecule has 2 heterocycles. The maximum absolute atomic E-state index is 13.0. The van der Waals surface area contributed by atoms with Crippen molar-refractivity contribution in [3.05, 3.63) is 95.2 Å². The highest BCUT2D eigenvalue weighted by Gasteiger charge is 2.21. The summed E-state index contributed by atoms with van der Waals surface area (Å²) in [7, 11) is 0. The second kappa shape index (κ2) is 9.17. The standard InChI is InChI=1S/C27H25N3O3/c1-27(2,3)33-26(32)23-10-8-22(9-11-23)25(31)30-15-12-21-7-6-20(17-24(21)18-30)5-4-14-29-16-13-28-19-29/h6-13,15-17,19H,14,18H2,1-3H3. The number of hydrogen-bond acceptors (Lipinski definition) is 4. The number of aromatic nitrogens is 2. The number of esters is 1. The fourth-order valence-electron chi connectivity index (χ4n) is 3.39. The van der Waals surface area contributed by atoms with Crippen LogP contribution in [0.15, 0.2) is 67.4 Å². The number of rotatable bonds is 3. The van der Waals surface area contributed by atoms with E-state index in [1.807, 2.05) is 55.8 Å². The van der Waals surface area contributed by atoms with E-state index in [1.165, 1.54) is 0 Å². The lowest BCUT2D eigenvalue weighted by molar-refractivity contribution is 0.00692. The number of fused-ring (bicyclic) bond motifs is 1. The largest absolute Gasteiger partial charge is 0.456 e. The van der Waals surface area contributed by atoms with E-state index in [1.54, 1.807) is 47.9 Å². The van der Waals surface area contributed by atoms with Crippen molar-refractivity contribution < 1.29 is 14.3 Å². The minimum absolute atomic E-state index is 0.135. The number of hydrogen-bond donors (Lipinski definition) is 0. The van der Waals surface area contributed by atoms with Gasteiger partial charge < -0.3 is 14.2 Å². The first-order valence-corrected chi connectivity index (χ1v) is 10.7. The minimum atomic E-state index is -0.569. The van der Waals surface area contributed by atoms with E-state index in [2.05, 4.69) is 16.8 Å². The summed E-state index contributed by atoms with van der Waals surface area (Å²) in [6.07, 6.45) is 9.04. The Morgan fingerprint density at radius 1 is 1.09 bits per heavy atom. The monoisotopic (exact) mass is 439 g/mol. The van der Waals surface area contributed by atoms with E-state index >= 15 is 0 Å². The highest BCUT2D eigenvalue weighted by atomic mass is 16.6. The van der Waals surface area contributed by atoms with Gasteiger partial charge in [-0.3, -0.25) is 4.79 Å². The molecule has 0 fully saturated rings. The van der Waals surface area contributed by atoms with Crippen LogP contribution < -0.4 is 0 Å². The van der Waals surface area contributed by atoms with Crippen molar-refractivity contribution in [1.29, 1.82) is 0 Å². The van der Waals surface area contributed by atoms with Gasteiger partial charge in [-0.15, -0.1) is 0 Å². The fraction of sp³-hybridized carbons (Fsp3) is 0.222. The molecule has 0 saturated heterocycles. The topological polar surface area (TPSA) is 64.4 Å².